The average Bonchev–Trinajstić information content (AvgIpc) is 2.84. The smallest absolute Gasteiger partial charge is 0.310 e. The molecule has 112 valence electrons. The average molecular weight is 286 g/mol. The maximum atomic E-state index is 11.7. The Balaban J connectivity index is 2.54. The van der Waals surface area contributed by atoms with Gasteiger partial charge in [0.15, 0.2) is 0 Å². The van der Waals surface area contributed by atoms with Crippen molar-refractivity contribution < 1.29 is 9.53 Å². The highest BCUT2D eigenvalue weighted by atomic mass is 16.5. The Bertz CT molecular complexity index is 644. The summed E-state index contributed by atoms with van der Waals surface area (Å²) < 4.78 is 6.77. The zero-order chi connectivity index (χ0) is 15.4. The highest BCUT2D eigenvalue weighted by Gasteiger charge is 2.19. The Labute approximate surface area is 125 Å². The van der Waals surface area contributed by atoms with Crippen molar-refractivity contribution in [2.45, 2.75) is 40.0 Å². The topological polar surface area (TPSA) is 44.1 Å². The van der Waals surface area contributed by atoms with Crippen molar-refractivity contribution in [3.05, 3.63) is 46.8 Å². The van der Waals surface area contributed by atoms with Gasteiger partial charge in [-0.05, 0) is 37.5 Å². The third-order valence-corrected chi connectivity index (χ3v) is 3.64. The lowest BCUT2D eigenvalue weighted by atomic mass is 10.1. The molecular weight excluding hydrogens is 264 g/mol. The first-order valence-corrected chi connectivity index (χ1v) is 7.34. The van der Waals surface area contributed by atoms with Crippen LogP contribution in [-0.2, 0) is 28.8 Å². The summed E-state index contributed by atoms with van der Waals surface area (Å²) in [6, 6.07) is 8.24. The molecule has 0 radical (unpaired) electrons. The first-order valence-electron chi connectivity index (χ1n) is 7.34. The van der Waals surface area contributed by atoms with E-state index in [0.29, 0.717) is 0 Å². The van der Waals surface area contributed by atoms with Crippen molar-refractivity contribution in [2.75, 3.05) is 7.11 Å². The molecule has 0 N–H and O–H groups in total. The fraction of sp³-hybridized carbons (Fsp3) is 0.412. The summed E-state index contributed by atoms with van der Waals surface area (Å²) in [5, 5.41) is 4.71. The number of nitrogens with zero attached hydrogens (tertiary/aromatic N) is 2. The Morgan fingerprint density at radius 3 is 2.62 bits per heavy atom. The standard InChI is InChI=1S/C17H22N2O2/c1-5-15-14(11-17(20)21-4)16(6-2)19(18-15)13-9-7-8-12(3)10-13/h7-10H,5-6,11H2,1-4H3. The van der Waals surface area contributed by atoms with Gasteiger partial charge in [0.2, 0.25) is 0 Å². The summed E-state index contributed by atoms with van der Waals surface area (Å²) in [6.45, 7) is 6.21. The predicted octanol–water partition coefficient (Wildman–Crippen LogP) is 3.02. The molecule has 0 unspecified atom stereocenters. The summed E-state index contributed by atoms with van der Waals surface area (Å²) in [5.74, 6) is -0.219. The highest BCUT2D eigenvalue weighted by Crippen LogP contribution is 2.22. The van der Waals surface area contributed by atoms with Crippen LogP contribution in [0.2, 0.25) is 0 Å². The summed E-state index contributed by atoms with van der Waals surface area (Å²) in [5.41, 5.74) is 5.30. The van der Waals surface area contributed by atoms with Crippen LogP contribution in [0, 0.1) is 6.92 Å². The van der Waals surface area contributed by atoms with E-state index in [0.717, 1.165) is 35.5 Å². The normalized spacial score (nSPS) is 10.7. The first kappa shape index (κ1) is 15.3. The summed E-state index contributed by atoms with van der Waals surface area (Å²) in [6.07, 6.45) is 1.92. The molecule has 0 aliphatic heterocycles. The first-order chi connectivity index (χ1) is 10.1. The van der Waals surface area contributed by atoms with Gasteiger partial charge in [-0.1, -0.05) is 26.0 Å². The van der Waals surface area contributed by atoms with Crippen LogP contribution in [0.3, 0.4) is 0 Å². The van der Waals surface area contributed by atoms with E-state index < -0.39 is 0 Å². The molecule has 4 heteroatoms. The Morgan fingerprint density at radius 2 is 2.05 bits per heavy atom. The number of rotatable bonds is 5. The van der Waals surface area contributed by atoms with Crippen molar-refractivity contribution in [1.29, 1.82) is 0 Å². The molecule has 1 aromatic carbocycles. The predicted molar refractivity (Wildman–Crippen MR) is 82.8 cm³/mol. The summed E-state index contributed by atoms with van der Waals surface area (Å²) in [4.78, 5) is 11.7. The van der Waals surface area contributed by atoms with Crippen LogP contribution in [0.15, 0.2) is 24.3 Å². The molecule has 0 fully saturated rings. The lowest BCUT2D eigenvalue weighted by Gasteiger charge is -2.08. The quantitative estimate of drug-likeness (QED) is 0.794. The van der Waals surface area contributed by atoms with Crippen LogP contribution >= 0.6 is 0 Å². The van der Waals surface area contributed by atoms with Crippen molar-refractivity contribution >= 4 is 5.97 Å². The minimum atomic E-state index is -0.219. The van der Waals surface area contributed by atoms with Gasteiger partial charge in [-0.3, -0.25) is 4.79 Å². The van der Waals surface area contributed by atoms with Gasteiger partial charge in [0.1, 0.15) is 0 Å². The van der Waals surface area contributed by atoms with E-state index in [4.69, 9.17) is 9.84 Å². The van der Waals surface area contributed by atoms with Gasteiger partial charge in [0, 0.05) is 11.3 Å². The van der Waals surface area contributed by atoms with Crippen molar-refractivity contribution in [3.8, 4) is 5.69 Å². The number of hydrogen-bond acceptors (Lipinski definition) is 3. The fourth-order valence-electron chi connectivity index (χ4n) is 2.58. The van der Waals surface area contributed by atoms with Gasteiger partial charge in [-0.25, -0.2) is 4.68 Å². The van der Waals surface area contributed by atoms with Crippen LogP contribution in [0.5, 0.6) is 0 Å². The van der Waals surface area contributed by atoms with Gasteiger partial charge in [-0.15, -0.1) is 0 Å². The number of aromatic nitrogens is 2. The Morgan fingerprint density at radius 1 is 1.29 bits per heavy atom. The Hall–Kier alpha value is -2.10. The van der Waals surface area contributed by atoms with Crippen molar-refractivity contribution in [2.24, 2.45) is 0 Å². The molecule has 1 heterocycles. The lowest BCUT2D eigenvalue weighted by molar-refractivity contribution is -0.139. The number of carbonyl (C=O) groups excluding carboxylic acids is 1. The van der Waals surface area contributed by atoms with Crippen LogP contribution in [-0.4, -0.2) is 22.9 Å². The molecule has 0 spiro atoms. The second-order valence-corrected chi connectivity index (χ2v) is 5.08. The third-order valence-electron chi connectivity index (χ3n) is 3.64. The van der Waals surface area contributed by atoms with E-state index in [2.05, 4.69) is 32.9 Å². The highest BCUT2D eigenvalue weighted by molar-refractivity contribution is 5.73. The van der Waals surface area contributed by atoms with Gasteiger partial charge in [0.25, 0.3) is 0 Å². The number of aryl methyl sites for hydroxylation is 2. The number of hydrogen-bond donors (Lipinski definition) is 0. The van der Waals surface area contributed by atoms with E-state index in [1.807, 2.05) is 16.8 Å². The molecule has 0 atom stereocenters. The Kier molecular flexibility index (Phi) is 4.78. The van der Waals surface area contributed by atoms with E-state index in [1.54, 1.807) is 0 Å². The second-order valence-electron chi connectivity index (χ2n) is 5.08. The number of carbonyl (C=O) groups is 1. The maximum absolute atomic E-state index is 11.7. The van der Waals surface area contributed by atoms with Crippen LogP contribution in [0.1, 0.15) is 36.4 Å². The maximum Gasteiger partial charge on any atom is 0.310 e. The molecule has 0 amide bonds. The minimum absolute atomic E-state index is 0.219. The largest absolute Gasteiger partial charge is 0.469 e. The number of methoxy groups -OCH3 is 1. The molecule has 0 aliphatic carbocycles. The lowest BCUT2D eigenvalue weighted by Crippen LogP contribution is -2.08. The van der Waals surface area contributed by atoms with E-state index in [9.17, 15) is 4.79 Å². The van der Waals surface area contributed by atoms with E-state index in [1.165, 1.54) is 12.7 Å². The zero-order valence-corrected chi connectivity index (χ0v) is 13.1. The van der Waals surface area contributed by atoms with Gasteiger partial charge in [-0.2, -0.15) is 5.10 Å². The number of esters is 1. The van der Waals surface area contributed by atoms with Crippen molar-refractivity contribution in [1.82, 2.24) is 9.78 Å². The van der Waals surface area contributed by atoms with Gasteiger partial charge >= 0.3 is 5.97 Å². The molecule has 0 aliphatic rings. The molecule has 0 saturated carbocycles. The molecule has 4 nitrogen and oxygen atoms in total. The van der Waals surface area contributed by atoms with E-state index in [-0.39, 0.29) is 12.4 Å². The third kappa shape index (κ3) is 3.15. The molecule has 0 saturated heterocycles. The molecular formula is C17H22N2O2. The molecule has 2 aromatic rings. The van der Waals surface area contributed by atoms with Gasteiger partial charge < -0.3 is 4.74 Å². The monoisotopic (exact) mass is 286 g/mol. The van der Waals surface area contributed by atoms with Gasteiger partial charge in [0.05, 0.1) is 24.9 Å². The molecule has 1 aromatic heterocycles. The van der Waals surface area contributed by atoms with Crippen LogP contribution < -0.4 is 0 Å². The second kappa shape index (κ2) is 6.57. The van der Waals surface area contributed by atoms with Crippen LogP contribution in [0.25, 0.3) is 5.69 Å². The van der Waals surface area contributed by atoms with Crippen molar-refractivity contribution in [3.63, 3.8) is 0 Å². The fourth-order valence-corrected chi connectivity index (χ4v) is 2.58. The zero-order valence-electron chi connectivity index (χ0n) is 13.1. The molecule has 21 heavy (non-hydrogen) atoms. The summed E-state index contributed by atoms with van der Waals surface area (Å²) in [7, 11) is 1.42. The van der Waals surface area contributed by atoms with Crippen LogP contribution in [0.4, 0.5) is 0 Å². The number of benzene rings is 1. The molecule has 0 bridgehead atoms. The van der Waals surface area contributed by atoms with E-state index >= 15 is 0 Å². The number of ether oxygens (including phenoxy) is 1. The molecule has 2 rings (SSSR count). The minimum Gasteiger partial charge on any atom is -0.469 e. The summed E-state index contributed by atoms with van der Waals surface area (Å²) >= 11 is 0. The SMILES string of the molecule is CCc1nn(-c2cccc(C)c2)c(CC)c1CC(=O)OC.